The van der Waals surface area contributed by atoms with E-state index >= 15 is 0 Å². The van der Waals surface area contributed by atoms with Crippen LogP contribution in [0.15, 0.2) is 23.2 Å². The van der Waals surface area contributed by atoms with Crippen molar-refractivity contribution in [2.45, 2.75) is 45.4 Å². The van der Waals surface area contributed by atoms with Gasteiger partial charge in [-0.1, -0.05) is 12.1 Å². The zero-order chi connectivity index (χ0) is 22.6. The van der Waals surface area contributed by atoms with E-state index in [9.17, 15) is 13.6 Å². The third-order valence-corrected chi connectivity index (χ3v) is 4.65. The van der Waals surface area contributed by atoms with Crippen LogP contribution in [0.4, 0.5) is 8.78 Å². The number of nitrogens with zero attached hydrogens (tertiary/aromatic N) is 2. The minimum atomic E-state index is -2.98. The number of carbonyl (C=O) groups excluding carboxylic acids is 1. The molecule has 1 aliphatic rings. The van der Waals surface area contributed by atoms with E-state index in [0.29, 0.717) is 24.7 Å². The van der Waals surface area contributed by atoms with Gasteiger partial charge < -0.3 is 29.7 Å². The summed E-state index contributed by atoms with van der Waals surface area (Å²) in [4.78, 5) is 17.9. The summed E-state index contributed by atoms with van der Waals surface area (Å²) in [6.07, 6.45) is 3.16. The second kappa shape index (κ2) is 15.0. The van der Waals surface area contributed by atoms with Gasteiger partial charge in [0, 0.05) is 32.8 Å². The number of benzene rings is 1. The number of para-hydroxylation sites is 1. The highest BCUT2D eigenvalue weighted by Crippen LogP contribution is 2.33. The second-order valence-electron chi connectivity index (χ2n) is 7.23. The number of aliphatic imine (C=N–C) groups is 1. The molecule has 0 aromatic heterocycles. The van der Waals surface area contributed by atoms with Crippen molar-refractivity contribution in [1.29, 1.82) is 0 Å². The van der Waals surface area contributed by atoms with Gasteiger partial charge in [-0.2, -0.15) is 8.78 Å². The summed E-state index contributed by atoms with van der Waals surface area (Å²) in [7, 11) is 3.33. The fraction of sp³-hybridized carbons (Fsp3) is 0.619. The van der Waals surface area contributed by atoms with Crippen molar-refractivity contribution < 1.29 is 27.8 Å². The van der Waals surface area contributed by atoms with Gasteiger partial charge in [0.15, 0.2) is 17.5 Å². The topological polar surface area (TPSA) is 84.4 Å². The Bertz CT molecular complexity index is 732. The van der Waals surface area contributed by atoms with Crippen LogP contribution in [0.2, 0.25) is 0 Å². The Morgan fingerprint density at radius 2 is 2.09 bits per heavy atom. The van der Waals surface area contributed by atoms with Crippen LogP contribution in [0.5, 0.6) is 11.5 Å². The summed E-state index contributed by atoms with van der Waals surface area (Å²) < 4.78 is 41.7. The minimum absolute atomic E-state index is 0. The van der Waals surface area contributed by atoms with Crippen LogP contribution in [0, 0.1) is 0 Å². The number of nitrogens with one attached hydrogen (secondary N) is 2. The van der Waals surface area contributed by atoms with Crippen molar-refractivity contribution >= 4 is 35.8 Å². The Kier molecular flexibility index (Phi) is 13.2. The van der Waals surface area contributed by atoms with E-state index in [-0.39, 0.29) is 60.6 Å². The van der Waals surface area contributed by atoms with E-state index in [2.05, 4.69) is 15.6 Å². The fourth-order valence-corrected chi connectivity index (χ4v) is 3.01. The molecule has 11 heteroatoms. The second-order valence-corrected chi connectivity index (χ2v) is 7.23. The van der Waals surface area contributed by atoms with Gasteiger partial charge in [0.25, 0.3) is 0 Å². The molecule has 2 N–H and O–H groups in total. The summed E-state index contributed by atoms with van der Waals surface area (Å²) in [6, 6.07) is 4.92. The van der Waals surface area contributed by atoms with Crippen LogP contribution in [0.3, 0.4) is 0 Å². The Morgan fingerprint density at radius 1 is 1.31 bits per heavy atom. The SMILES string of the molecule is CCOc1cccc(CN=C(NCC(=O)N(C)C)NCC2CCCCO2)c1OC(F)F.I. The summed E-state index contributed by atoms with van der Waals surface area (Å²) >= 11 is 0. The monoisotopic (exact) mass is 570 g/mol. The summed E-state index contributed by atoms with van der Waals surface area (Å²) in [5, 5.41) is 6.16. The van der Waals surface area contributed by atoms with Crippen LogP contribution < -0.4 is 20.1 Å². The maximum Gasteiger partial charge on any atom is 0.387 e. The summed E-state index contributed by atoms with van der Waals surface area (Å²) in [5.41, 5.74) is 0.445. The number of carbonyl (C=O) groups is 1. The Balaban J connectivity index is 0.00000512. The number of guanidine groups is 1. The molecule has 0 aliphatic carbocycles. The highest BCUT2D eigenvalue weighted by atomic mass is 127. The van der Waals surface area contributed by atoms with E-state index in [1.54, 1.807) is 39.2 Å². The van der Waals surface area contributed by atoms with Crippen molar-refractivity contribution in [1.82, 2.24) is 15.5 Å². The van der Waals surface area contributed by atoms with E-state index in [1.165, 1.54) is 4.90 Å². The van der Waals surface area contributed by atoms with Gasteiger partial charge in [-0.15, -0.1) is 24.0 Å². The third kappa shape index (κ3) is 9.72. The molecule has 1 amide bonds. The predicted molar refractivity (Wildman–Crippen MR) is 129 cm³/mol. The lowest BCUT2D eigenvalue weighted by molar-refractivity contribution is -0.127. The number of hydrogen-bond acceptors (Lipinski definition) is 5. The first-order valence-electron chi connectivity index (χ1n) is 10.4. The molecular formula is C21H33F2IN4O4. The predicted octanol–water partition coefficient (Wildman–Crippen LogP) is 3.00. The van der Waals surface area contributed by atoms with E-state index < -0.39 is 6.61 Å². The van der Waals surface area contributed by atoms with Crippen LogP contribution in [-0.2, 0) is 16.1 Å². The van der Waals surface area contributed by atoms with Crippen LogP contribution in [0.1, 0.15) is 31.7 Å². The first kappa shape index (κ1) is 28.1. The molecular weight excluding hydrogens is 537 g/mol. The highest BCUT2D eigenvalue weighted by Gasteiger charge is 2.17. The Labute approximate surface area is 205 Å². The molecule has 0 bridgehead atoms. The van der Waals surface area contributed by atoms with Crippen molar-refractivity contribution in [3.8, 4) is 11.5 Å². The molecule has 1 saturated heterocycles. The molecule has 2 rings (SSSR count). The lowest BCUT2D eigenvalue weighted by Gasteiger charge is -2.24. The first-order valence-corrected chi connectivity index (χ1v) is 10.4. The van der Waals surface area contributed by atoms with Gasteiger partial charge in [-0.05, 0) is 32.3 Å². The zero-order valence-corrected chi connectivity index (χ0v) is 21.1. The molecule has 1 aromatic carbocycles. The number of hydrogen-bond donors (Lipinski definition) is 2. The smallest absolute Gasteiger partial charge is 0.387 e. The summed E-state index contributed by atoms with van der Waals surface area (Å²) in [5.74, 6) is 0.455. The maximum atomic E-state index is 12.9. The largest absolute Gasteiger partial charge is 0.490 e. The molecule has 0 saturated carbocycles. The number of amides is 1. The van der Waals surface area contributed by atoms with E-state index in [1.807, 2.05) is 0 Å². The molecule has 1 unspecified atom stereocenters. The van der Waals surface area contributed by atoms with Gasteiger partial charge in [-0.3, -0.25) is 4.79 Å². The standard InChI is InChI=1S/C21H32F2N4O4.HI/c1-4-29-17-10-7-8-15(19(17)31-20(22)23)12-24-21(26-14-18(28)27(2)3)25-13-16-9-5-6-11-30-16;/h7-8,10,16,20H,4-6,9,11-14H2,1-3H3,(H2,24,25,26);1H. The molecule has 0 spiro atoms. The van der Waals surface area contributed by atoms with E-state index in [0.717, 1.165) is 25.9 Å². The molecule has 1 aromatic rings. The first-order chi connectivity index (χ1) is 14.9. The lowest BCUT2D eigenvalue weighted by Crippen LogP contribution is -2.45. The van der Waals surface area contributed by atoms with Crippen molar-refractivity contribution in [2.75, 3.05) is 40.4 Å². The number of likely N-dealkylation sites (N-methyl/N-ethyl adjacent to an activating group) is 1. The normalized spacial score (nSPS) is 16.2. The van der Waals surface area contributed by atoms with Gasteiger partial charge in [0.05, 0.1) is 25.8 Å². The number of alkyl halides is 2. The fourth-order valence-electron chi connectivity index (χ4n) is 3.01. The third-order valence-electron chi connectivity index (χ3n) is 4.65. The molecule has 1 aliphatic heterocycles. The van der Waals surface area contributed by atoms with Crippen molar-refractivity contribution in [2.24, 2.45) is 4.99 Å². The van der Waals surface area contributed by atoms with Gasteiger partial charge in [-0.25, -0.2) is 4.99 Å². The number of rotatable bonds is 10. The molecule has 1 atom stereocenters. The average molecular weight is 570 g/mol. The van der Waals surface area contributed by atoms with Gasteiger partial charge in [0.1, 0.15) is 0 Å². The van der Waals surface area contributed by atoms with Gasteiger partial charge >= 0.3 is 6.61 Å². The molecule has 182 valence electrons. The van der Waals surface area contributed by atoms with Crippen LogP contribution in [-0.4, -0.2) is 69.9 Å². The Hall–Kier alpha value is -1.89. The lowest BCUT2D eigenvalue weighted by atomic mass is 10.1. The quantitative estimate of drug-likeness (QED) is 0.256. The van der Waals surface area contributed by atoms with Gasteiger partial charge in [0.2, 0.25) is 5.91 Å². The zero-order valence-electron chi connectivity index (χ0n) is 18.7. The molecule has 8 nitrogen and oxygen atoms in total. The maximum absolute atomic E-state index is 12.9. The highest BCUT2D eigenvalue weighted by molar-refractivity contribution is 14.0. The van der Waals surface area contributed by atoms with Crippen molar-refractivity contribution in [3.05, 3.63) is 23.8 Å². The summed E-state index contributed by atoms with van der Waals surface area (Å²) in [6.45, 7) is 0.447. The van der Waals surface area contributed by atoms with Crippen LogP contribution >= 0.6 is 24.0 Å². The Morgan fingerprint density at radius 3 is 2.72 bits per heavy atom. The van der Waals surface area contributed by atoms with E-state index in [4.69, 9.17) is 14.2 Å². The van der Waals surface area contributed by atoms with Crippen molar-refractivity contribution in [3.63, 3.8) is 0 Å². The average Bonchev–Trinajstić information content (AvgIpc) is 2.75. The molecule has 1 heterocycles. The molecule has 32 heavy (non-hydrogen) atoms. The van der Waals surface area contributed by atoms with Crippen LogP contribution in [0.25, 0.3) is 0 Å². The molecule has 1 fully saturated rings. The number of ether oxygens (including phenoxy) is 3. The molecule has 0 radical (unpaired) electrons. The number of halogens is 3. The minimum Gasteiger partial charge on any atom is -0.490 e.